The van der Waals surface area contributed by atoms with Gasteiger partial charge in [0, 0.05) is 17.3 Å². The third-order valence-corrected chi connectivity index (χ3v) is 1.63. The van der Waals surface area contributed by atoms with Crippen LogP contribution in [0.1, 0.15) is 17.3 Å². The minimum atomic E-state index is -0.199. The Hall–Kier alpha value is -2.08. The standard InChI is InChI=1S/C11H10N2O/c1-9(7-8-12)13-11(14)10-5-3-2-4-6-10/h2-7H,1H3,(H,13,14)/b9-7+. The first-order chi connectivity index (χ1) is 6.74. The number of nitrogens with zero attached hydrogens (tertiary/aromatic N) is 1. The molecule has 1 aromatic carbocycles. The first-order valence-electron chi connectivity index (χ1n) is 4.17. The Morgan fingerprint density at radius 1 is 1.43 bits per heavy atom. The van der Waals surface area contributed by atoms with Gasteiger partial charge < -0.3 is 5.32 Å². The van der Waals surface area contributed by atoms with E-state index in [1.54, 1.807) is 31.2 Å². The van der Waals surface area contributed by atoms with Gasteiger partial charge in [-0.1, -0.05) is 18.2 Å². The SMILES string of the molecule is C/C(=C\C#N)NC(=O)c1ccccc1. The second-order valence-electron chi connectivity index (χ2n) is 2.78. The molecule has 1 N–H and O–H groups in total. The molecule has 0 aromatic heterocycles. The number of allylic oxidation sites excluding steroid dienone is 2. The Bertz CT molecular complexity index is 387. The summed E-state index contributed by atoms with van der Waals surface area (Å²) in [5.74, 6) is -0.199. The van der Waals surface area contributed by atoms with E-state index in [9.17, 15) is 4.79 Å². The van der Waals surface area contributed by atoms with Gasteiger partial charge in [0.1, 0.15) is 0 Å². The van der Waals surface area contributed by atoms with Gasteiger partial charge in [-0.15, -0.1) is 0 Å². The molecular weight excluding hydrogens is 176 g/mol. The van der Waals surface area contributed by atoms with Crippen molar-refractivity contribution >= 4 is 5.91 Å². The van der Waals surface area contributed by atoms with Crippen molar-refractivity contribution in [2.45, 2.75) is 6.92 Å². The number of hydrogen-bond acceptors (Lipinski definition) is 2. The number of carbonyl (C=O) groups excluding carboxylic acids is 1. The molecule has 0 spiro atoms. The lowest BCUT2D eigenvalue weighted by Crippen LogP contribution is -2.20. The van der Waals surface area contributed by atoms with Crippen molar-refractivity contribution in [2.75, 3.05) is 0 Å². The van der Waals surface area contributed by atoms with Crippen molar-refractivity contribution in [3.05, 3.63) is 47.7 Å². The molecule has 1 rings (SSSR count). The van der Waals surface area contributed by atoms with Crippen LogP contribution in [0.2, 0.25) is 0 Å². The van der Waals surface area contributed by atoms with Crippen LogP contribution in [0.25, 0.3) is 0 Å². The molecule has 3 heteroatoms. The summed E-state index contributed by atoms with van der Waals surface area (Å²) in [6.45, 7) is 1.67. The van der Waals surface area contributed by atoms with E-state index >= 15 is 0 Å². The number of nitrogens with one attached hydrogen (secondary N) is 1. The summed E-state index contributed by atoms with van der Waals surface area (Å²) in [5, 5.41) is 10.9. The van der Waals surface area contributed by atoms with Crippen molar-refractivity contribution in [1.82, 2.24) is 5.32 Å². The summed E-state index contributed by atoms with van der Waals surface area (Å²) in [5.41, 5.74) is 1.12. The average Bonchev–Trinajstić information content (AvgIpc) is 2.19. The van der Waals surface area contributed by atoms with E-state index in [2.05, 4.69) is 5.32 Å². The molecular formula is C11H10N2O. The summed E-state index contributed by atoms with van der Waals surface area (Å²) in [4.78, 5) is 11.5. The highest BCUT2D eigenvalue weighted by Crippen LogP contribution is 1.99. The van der Waals surface area contributed by atoms with Crippen LogP contribution in [0.4, 0.5) is 0 Å². The van der Waals surface area contributed by atoms with Crippen LogP contribution in [0, 0.1) is 11.3 Å². The summed E-state index contributed by atoms with van der Waals surface area (Å²) in [6.07, 6.45) is 1.29. The van der Waals surface area contributed by atoms with Crippen molar-refractivity contribution in [2.24, 2.45) is 0 Å². The van der Waals surface area contributed by atoms with Gasteiger partial charge in [-0.3, -0.25) is 4.79 Å². The Balaban J connectivity index is 2.70. The van der Waals surface area contributed by atoms with Gasteiger partial charge in [-0.25, -0.2) is 0 Å². The fraction of sp³-hybridized carbons (Fsp3) is 0.0909. The Labute approximate surface area is 82.7 Å². The molecule has 0 saturated heterocycles. The molecule has 0 aliphatic rings. The van der Waals surface area contributed by atoms with E-state index < -0.39 is 0 Å². The third-order valence-electron chi connectivity index (χ3n) is 1.63. The number of benzene rings is 1. The molecule has 0 heterocycles. The van der Waals surface area contributed by atoms with Crippen molar-refractivity contribution < 1.29 is 4.79 Å². The highest BCUT2D eigenvalue weighted by atomic mass is 16.1. The molecule has 0 saturated carbocycles. The zero-order chi connectivity index (χ0) is 10.4. The lowest BCUT2D eigenvalue weighted by Gasteiger charge is -2.02. The first-order valence-corrected chi connectivity index (χ1v) is 4.17. The lowest BCUT2D eigenvalue weighted by molar-refractivity contribution is 0.0966. The van der Waals surface area contributed by atoms with Gasteiger partial charge in [-0.2, -0.15) is 5.26 Å². The van der Waals surface area contributed by atoms with Crippen LogP contribution in [0.15, 0.2) is 42.1 Å². The van der Waals surface area contributed by atoms with Crippen LogP contribution in [-0.4, -0.2) is 5.91 Å². The molecule has 0 aliphatic carbocycles. The van der Waals surface area contributed by atoms with E-state index in [0.717, 1.165) is 0 Å². The van der Waals surface area contributed by atoms with Crippen molar-refractivity contribution in [3.8, 4) is 6.07 Å². The number of hydrogen-bond donors (Lipinski definition) is 1. The summed E-state index contributed by atoms with van der Waals surface area (Å²) >= 11 is 0. The van der Waals surface area contributed by atoms with E-state index in [-0.39, 0.29) is 5.91 Å². The fourth-order valence-corrected chi connectivity index (χ4v) is 0.974. The van der Waals surface area contributed by atoms with Crippen LogP contribution >= 0.6 is 0 Å². The largest absolute Gasteiger partial charge is 0.325 e. The van der Waals surface area contributed by atoms with Crippen LogP contribution in [0.5, 0.6) is 0 Å². The Kier molecular flexibility index (Phi) is 3.45. The summed E-state index contributed by atoms with van der Waals surface area (Å²) in [6, 6.07) is 10.7. The monoisotopic (exact) mass is 186 g/mol. The molecule has 0 aliphatic heterocycles. The van der Waals surface area contributed by atoms with Crippen LogP contribution in [-0.2, 0) is 0 Å². The van der Waals surface area contributed by atoms with Gasteiger partial charge >= 0.3 is 0 Å². The summed E-state index contributed by atoms with van der Waals surface area (Å²) in [7, 11) is 0. The fourth-order valence-electron chi connectivity index (χ4n) is 0.974. The van der Waals surface area contributed by atoms with Gasteiger partial charge in [-0.05, 0) is 19.1 Å². The normalized spacial score (nSPS) is 10.4. The minimum absolute atomic E-state index is 0.199. The molecule has 1 aromatic rings. The second kappa shape index (κ2) is 4.83. The maximum absolute atomic E-state index is 11.5. The maximum Gasteiger partial charge on any atom is 0.255 e. The molecule has 3 nitrogen and oxygen atoms in total. The number of rotatable bonds is 2. The lowest BCUT2D eigenvalue weighted by atomic mass is 10.2. The highest BCUT2D eigenvalue weighted by molar-refractivity contribution is 5.95. The predicted octanol–water partition coefficient (Wildman–Crippen LogP) is 1.84. The predicted molar refractivity (Wildman–Crippen MR) is 53.3 cm³/mol. The number of amides is 1. The topological polar surface area (TPSA) is 52.9 Å². The molecule has 0 radical (unpaired) electrons. The molecule has 0 unspecified atom stereocenters. The number of nitriles is 1. The molecule has 14 heavy (non-hydrogen) atoms. The van der Waals surface area contributed by atoms with Gasteiger partial charge in [0.2, 0.25) is 0 Å². The average molecular weight is 186 g/mol. The Morgan fingerprint density at radius 3 is 2.64 bits per heavy atom. The molecule has 0 bridgehead atoms. The van der Waals surface area contributed by atoms with Crippen molar-refractivity contribution in [1.29, 1.82) is 5.26 Å². The first kappa shape index (κ1) is 10.0. The van der Waals surface area contributed by atoms with Crippen molar-refractivity contribution in [3.63, 3.8) is 0 Å². The molecule has 70 valence electrons. The molecule has 1 amide bonds. The Morgan fingerprint density at radius 2 is 2.07 bits per heavy atom. The van der Waals surface area contributed by atoms with Gasteiger partial charge in [0.05, 0.1) is 6.07 Å². The highest BCUT2D eigenvalue weighted by Gasteiger charge is 2.03. The number of carbonyl (C=O) groups is 1. The quantitative estimate of drug-likeness (QED) is 0.716. The van der Waals surface area contributed by atoms with Gasteiger partial charge in [0.25, 0.3) is 5.91 Å². The summed E-state index contributed by atoms with van der Waals surface area (Å²) < 4.78 is 0. The second-order valence-corrected chi connectivity index (χ2v) is 2.78. The van der Waals surface area contributed by atoms with Gasteiger partial charge in [0.15, 0.2) is 0 Å². The van der Waals surface area contributed by atoms with E-state index in [0.29, 0.717) is 11.3 Å². The van der Waals surface area contributed by atoms with Crippen LogP contribution in [0.3, 0.4) is 0 Å². The third kappa shape index (κ3) is 2.76. The molecule has 0 atom stereocenters. The van der Waals surface area contributed by atoms with E-state index in [1.165, 1.54) is 6.08 Å². The minimum Gasteiger partial charge on any atom is -0.325 e. The molecule has 0 fully saturated rings. The smallest absolute Gasteiger partial charge is 0.255 e. The zero-order valence-electron chi connectivity index (χ0n) is 7.82. The van der Waals surface area contributed by atoms with E-state index in [1.807, 2.05) is 12.1 Å². The van der Waals surface area contributed by atoms with Crippen LogP contribution < -0.4 is 5.32 Å². The van der Waals surface area contributed by atoms with E-state index in [4.69, 9.17) is 5.26 Å². The maximum atomic E-state index is 11.5. The zero-order valence-corrected chi connectivity index (χ0v) is 7.82.